The lowest BCUT2D eigenvalue weighted by molar-refractivity contribution is 0.0843. The molecule has 2 aromatic rings. The molecule has 1 amide bonds. The summed E-state index contributed by atoms with van der Waals surface area (Å²) in [5, 5.41) is 12.7. The van der Waals surface area contributed by atoms with E-state index in [0.717, 1.165) is 4.31 Å². The summed E-state index contributed by atoms with van der Waals surface area (Å²) >= 11 is 0. The number of nitrogens with zero attached hydrogens (tertiary/aromatic N) is 1. The van der Waals surface area contributed by atoms with Crippen molar-refractivity contribution in [3.63, 3.8) is 0 Å². The summed E-state index contributed by atoms with van der Waals surface area (Å²) < 4.78 is 47.1. The zero-order valence-electron chi connectivity index (χ0n) is 17.3. The van der Waals surface area contributed by atoms with E-state index in [9.17, 15) is 18.3 Å². The second kappa shape index (κ2) is 9.41. The number of carbonyl (C=O) groups excluding carboxylic acids is 1. The third kappa shape index (κ3) is 5.19. The van der Waals surface area contributed by atoms with Crippen molar-refractivity contribution >= 4 is 15.9 Å². The van der Waals surface area contributed by atoms with Crippen molar-refractivity contribution in [3.05, 3.63) is 42.0 Å². The molecule has 0 saturated carbocycles. The molecule has 10 nitrogen and oxygen atoms in total. The number of benzene rings is 2. The predicted octanol–water partition coefficient (Wildman–Crippen LogP) is 0.844. The number of aliphatic hydroxyl groups excluding tert-OH is 1. The SMILES string of the molecule is COc1ccc(C(=O)NCC(O)COc2ccc3c(c2)OCO3)cc1S(=O)(=O)N(C)C. The maximum absolute atomic E-state index is 12.5. The molecule has 168 valence electrons. The van der Waals surface area contributed by atoms with Gasteiger partial charge in [0.1, 0.15) is 29.1 Å². The van der Waals surface area contributed by atoms with Crippen molar-refractivity contribution in [2.24, 2.45) is 0 Å². The van der Waals surface area contributed by atoms with Crippen LogP contribution < -0.4 is 24.3 Å². The maximum atomic E-state index is 12.5. The van der Waals surface area contributed by atoms with Gasteiger partial charge in [-0.1, -0.05) is 0 Å². The van der Waals surface area contributed by atoms with Crippen LogP contribution >= 0.6 is 0 Å². The van der Waals surface area contributed by atoms with E-state index < -0.39 is 22.0 Å². The van der Waals surface area contributed by atoms with Crippen molar-refractivity contribution < 1.29 is 37.3 Å². The molecule has 0 radical (unpaired) electrons. The summed E-state index contributed by atoms with van der Waals surface area (Å²) in [7, 11) is 0.311. The Hall–Kier alpha value is -3.02. The van der Waals surface area contributed by atoms with Crippen molar-refractivity contribution in [1.29, 1.82) is 0 Å². The Morgan fingerprint density at radius 2 is 1.94 bits per heavy atom. The first-order valence-corrected chi connectivity index (χ1v) is 10.8. The molecule has 2 N–H and O–H groups in total. The minimum Gasteiger partial charge on any atom is -0.495 e. The smallest absolute Gasteiger partial charge is 0.251 e. The van der Waals surface area contributed by atoms with Gasteiger partial charge >= 0.3 is 0 Å². The van der Waals surface area contributed by atoms with E-state index in [1.807, 2.05) is 0 Å². The molecule has 3 rings (SSSR count). The molecule has 0 spiro atoms. The third-order valence-corrected chi connectivity index (χ3v) is 6.31. The van der Waals surface area contributed by atoms with E-state index in [4.69, 9.17) is 18.9 Å². The molecule has 2 aromatic carbocycles. The molecule has 1 aliphatic rings. The van der Waals surface area contributed by atoms with Crippen LogP contribution in [0.15, 0.2) is 41.3 Å². The number of sulfonamides is 1. The van der Waals surface area contributed by atoms with Crippen LogP contribution in [-0.4, -0.2) is 71.0 Å². The topological polar surface area (TPSA) is 124 Å². The van der Waals surface area contributed by atoms with Crippen LogP contribution in [0.4, 0.5) is 0 Å². The Labute approximate surface area is 180 Å². The predicted molar refractivity (Wildman–Crippen MR) is 110 cm³/mol. The summed E-state index contributed by atoms with van der Waals surface area (Å²) in [5.41, 5.74) is 0.116. The van der Waals surface area contributed by atoms with Gasteiger partial charge in [0.15, 0.2) is 11.5 Å². The molecule has 1 atom stereocenters. The van der Waals surface area contributed by atoms with Crippen LogP contribution in [0.1, 0.15) is 10.4 Å². The normalized spacial score (nSPS) is 13.7. The summed E-state index contributed by atoms with van der Waals surface area (Å²) in [6.45, 7) is -0.00959. The number of hydrogen-bond acceptors (Lipinski definition) is 8. The number of ether oxygens (including phenoxy) is 4. The molecular formula is C20H24N2O8S. The molecule has 31 heavy (non-hydrogen) atoms. The largest absolute Gasteiger partial charge is 0.495 e. The highest BCUT2D eigenvalue weighted by Gasteiger charge is 2.24. The fourth-order valence-electron chi connectivity index (χ4n) is 2.75. The summed E-state index contributed by atoms with van der Waals surface area (Å²) in [4.78, 5) is 12.3. The van der Waals surface area contributed by atoms with Crippen LogP contribution in [0.25, 0.3) is 0 Å². The second-order valence-electron chi connectivity index (χ2n) is 6.84. The van der Waals surface area contributed by atoms with Gasteiger partial charge in [-0.25, -0.2) is 12.7 Å². The quantitative estimate of drug-likeness (QED) is 0.574. The van der Waals surface area contributed by atoms with Crippen LogP contribution in [0, 0.1) is 0 Å². The highest BCUT2D eigenvalue weighted by molar-refractivity contribution is 7.89. The molecular weight excluding hydrogens is 428 g/mol. The Kier molecular flexibility index (Phi) is 6.88. The zero-order valence-corrected chi connectivity index (χ0v) is 18.1. The number of rotatable bonds is 9. The lowest BCUT2D eigenvalue weighted by atomic mass is 10.2. The number of hydrogen-bond donors (Lipinski definition) is 2. The number of aliphatic hydroxyl groups is 1. The first kappa shape index (κ1) is 22.7. The monoisotopic (exact) mass is 452 g/mol. The molecule has 1 aliphatic heterocycles. The molecule has 0 aliphatic carbocycles. The standard InChI is InChI=1S/C20H24N2O8S/c1-22(2)31(25,26)19-8-13(4-6-17(19)27-3)20(24)21-10-14(23)11-28-15-5-7-16-18(9-15)30-12-29-16/h4-9,14,23H,10-12H2,1-3H3,(H,21,24). The number of fused-ring (bicyclic) bond motifs is 1. The lowest BCUT2D eigenvalue weighted by Crippen LogP contribution is -2.35. The van der Waals surface area contributed by atoms with Crippen molar-refractivity contribution in [2.75, 3.05) is 41.1 Å². The zero-order chi connectivity index (χ0) is 22.6. The highest BCUT2D eigenvalue weighted by Crippen LogP contribution is 2.35. The first-order chi connectivity index (χ1) is 14.7. The van der Waals surface area contributed by atoms with Gasteiger partial charge in [-0.3, -0.25) is 4.79 Å². The lowest BCUT2D eigenvalue weighted by Gasteiger charge is -2.16. The third-order valence-electron chi connectivity index (χ3n) is 4.47. The van der Waals surface area contributed by atoms with Crippen LogP contribution in [0.3, 0.4) is 0 Å². The number of carbonyl (C=O) groups is 1. The van der Waals surface area contributed by atoms with E-state index >= 15 is 0 Å². The van der Waals surface area contributed by atoms with Crippen LogP contribution in [0.2, 0.25) is 0 Å². The van der Waals surface area contributed by atoms with Crippen molar-refractivity contribution in [3.8, 4) is 23.0 Å². The number of nitrogens with one attached hydrogen (secondary N) is 1. The Morgan fingerprint density at radius 1 is 1.19 bits per heavy atom. The van der Waals surface area contributed by atoms with Gasteiger partial charge in [-0.2, -0.15) is 0 Å². The molecule has 11 heteroatoms. The van der Waals surface area contributed by atoms with E-state index in [1.54, 1.807) is 18.2 Å². The molecule has 0 bridgehead atoms. The van der Waals surface area contributed by atoms with Gasteiger partial charge in [0.05, 0.1) is 7.11 Å². The van der Waals surface area contributed by atoms with Gasteiger partial charge in [0.2, 0.25) is 16.8 Å². The average Bonchev–Trinajstić information content (AvgIpc) is 3.23. The fourth-order valence-corrected chi connectivity index (χ4v) is 3.82. The minimum absolute atomic E-state index is 0.0667. The Balaban J connectivity index is 1.58. The van der Waals surface area contributed by atoms with Gasteiger partial charge in [-0.15, -0.1) is 0 Å². The fraction of sp³-hybridized carbons (Fsp3) is 0.350. The summed E-state index contributed by atoms with van der Waals surface area (Å²) in [6.07, 6.45) is -0.988. The van der Waals surface area contributed by atoms with Crippen molar-refractivity contribution in [1.82, 2.24) is 9.62 Å². The van der Waals surface area contributed by atoms with Gasteiger partial charge in [0.25, 0.3) is 5.91 Å². The van der Waals surface area contributed by atoms with E-state index in [-0.39, 0.29) is 36.2 Å². The summed E-state index contributed by atoms with van der Waals surface area (Å²) in [5.74, 6) is 1.25. The molecule has 0 aromatic heterocycles. The minimum atomic E-state index is -3.81. The maximum Gasteiger partial charge on any atom is 0.251 e. The van der Waals surface area contributed by atoms with E-state index in [1.165, 1.54) is 39.4 Å². The Bertz CT molecular complexity index is 1060. The second-order valence-corrected chi connectivity index (χ2v) is 8.96. The van der Waals surface area contributed by atoms with E-state index in [2.05, 4.69) is 5.32 Å². The van der Waals surface area contributed by atoms with E-state index in [0.29, 0.717) is 17.2 Å². The molecule has 1 heterocycles. The van der Waals surface area contributed by atoms with Crippen LogP contribution in [-0.2, 0) is 10.0 Å². The highest BCUT2D eigenvalue weighted by atomic mass is 32.2. The van der Waals surface area contributed by atoms with Crippen molar-refractivity contribution in [2.45, 2.75) is 11.0 Å². The van der Waals surface area contributed by atoms with Crippen LogP contribution in [0.5, 0.6) is 23.0 Å². The average molecular weight is 452 g/mol. The summed E-state index contributed by atoms with van der Waals surface area (Å²) in [6, 6.07) is 9.12. The first-order valence-electron chi connectivity index (χ1n) is 9.31. The van der Waals surface area contributed by atoms with Gasteiger partial charge in [0, 0.05) is 32.3 Å². The number of amides is 1. The number of methoxy groups -OCH3 is 1. The van der Waals surface area contributed by atoms with Gasteiger partial charge < -0.3 is 29.4 Å². The molecule has 0 fully saturated rings. The molecule has 1 unspecified atom stereocenters. The Morgan fingerprint density at radius 3 is 2.65 bits per heavy atom. The molecule has 0 saturated heterocycles. The van der Waals surface area contributed by atoms with Gasteiger partial charge in [-0.05, 0) is 30.3 Å².